The van der Waals surface area contributed by atoms with Gasteiger partial charge >= 0.3 is 0 Å². The summed E-state index contributed by atoms with van der Waals surface area (Å²) in [5.41, 5.74) is 1.26. The van der Waals surface area contributed by atoms with Crippen LogP contribution in [0.15, 0.2) is 24.3 Å². The second-order valence-corrected chi connectivity index (χ2v) is 5.21. The molecule has 0 radical (unpaired) electrons. The van der Waals surface area contributed by atoms with E-state index in [2.05, 4.69) is 52.2 Å². The molecular formula is C12H14INO. The third-order valence-corrected chi connectivity index (χ3v) is 3.51. The van der Waals surface area contributed by atoms with Crippen molar-refractivity contribution in [2.45, 2.75) is 19.3 Å². The predicted octanol–water partition coefficient (Wildman–Crippen LogP) is 2.36. The highest BCUT2D eigenvalue weighted by Gasteiger charge is 2.21. The minimum Gasteiger partial charge on any atom is -0.356 e. The molecule has 0 aliphatic carbocycles. The number of halogens is 1. The van der Waals surface area contributed by atoms with Gasteiger partial charge in [-0.15, -0.1) is 0 Å². The first-order valence-electron chi connectivity index (χ1n) is 5.28. The zero-order valence-corrected chi connectivity index (χ0v) is 10.7. The van der Waals surface area contributed by atoms with E-state index < -0.39 is 0 Å². The van der Waals surface area contributed by atoms with Gasteiger partial charge in [0.1, 0.15) is 0 Å². The van der Waals surface area contributed by atoms with E-state index in [0.717, 1.165) is 25.8 Å². The fraction of sp³-hybridized carbons (Fsp3) is 0.417. The average molecular weight is 315 g/mol. The Hall–Kier alpha value is -0.580. The van der Waals surface area contributed by atoms with Gasteiger partial charge < -0.3 is 5.32 Å². The van der Waals surface area contributed by atoms with Gasteiger partial charge in [0, 0.05) is 16.0 Å². The Labute approximate surface area is 104 Å². The summed E-state index contributed by atoms with van der Waals surface area (Å²) in [5, 5.41) is 2.92. The van der Waals surface area contributed by atoms with E-state index >= 15 is 0 Å². The fourth-order valence-electron chi connectivity index (χ4n) is 1.94. The van der Waals surface area contributed by atoms with Gasteiger partial charge in [0.15, 0.2) is 0 Å². The summed E-state index contributed by atoms with van der Waals surface area (Å²) in [6.45, 7) is 0.849. The summed E-state index contributed by atoms with van der Waals surface area (Å²) in [5.74, 6) is 0.401. The normalized spacial score (nSPS) is 21.1. The molecule has 2 nitrogen and oxygen atoms in total. The molecule has 0 bridgehead atoms. The number of hydrogen-bond donors (Lipinski definition) is 1. The maximum atomic E-state index is 11.6. The lowest BCUT2D eigenvalue weighted by Gasteiger charge is -2.21. The lowest BCUT2D eigenvalue weighted by Crippen LogP contribution is -2.37. The Bertz CT molecular complexity index is 347. The maximum Gasteiger partial charge on any atom is 0.223 e. The van der Waals surface area contributed by atoms with Gasteiger partial charge in [0.25, 0.3) is 0 Å². The maximum absolute atomic E-state index is 11.6. The standard InChI is InChI=1S/C12H14INO/c13-11-5-3-9(4-6-11)8-10-2-1-7-14-12(10)15/h3-6,10H,1-2,7-8H2,(H,14,15). The van der Waals surface area contributed by atoms with Crippen LogP contribution in [0.1, 0.15) is 18.4 Å². The molecule has 0 saturated carbocycles. The lowest BCUT2D eigenvalue weighted by atomic mass is 9.92. The van der Waals surface area contributed by atoms with Gasteiger partial charge in [-0.3, -0.25) is 4.79 Å². The van der Waals surface area contributed by atoms with Crippen LogP contribution in [0, 0.1) is 9.49 Å². The average Bonchev–Trinajstić information content (AvgIpc) is 2.25. The summed E-state index contributed by atoms with van der Waals surface area (Å²) < 4.78 is 1.24. The summed E-state index contributed by atoms with van der Waals surface area (Å²) in [6, 6.07) is 8.42. The highest BCUT2D eigenvalue weighted by Crippen LogP contribution is 2.18. The van der Waals surface area contributed by atoms with Crippen molar-refractivity contribution in [2.75, 3.05) is 6.54 Å². The molecule has 1 atom stereocenters. The number of nitrogens with one attached hydrogen (secondary N) is 1. The van der Waals surface area contributed by atoms with Crippen LogP contribution in [0.25, 0.3) is 0 Å². The van der Waals surface area contributed by atoms with Gasteiger partial charge in [-0.05, 0) is 59.5 Å². The summed E-state index contributed by atoms with van der Waals surface area (Å²) in [6.07, 6.45) is 3.02. The number of carbonyl (C=O) groups excluding carboxylic acids is 1. The summed E-state index contributed by atoms with van der Waals surface area (Å²) in [4.78, 5) is 11.6. The van der Waals surface area contributed by atoms with Crippen LogP contribution in [0.2, 0.25) is 0 Å². The molecule has 3 heteroatoms. The Balaban J connectivity index is 2.01. The first-order valence-corrected chi connectivity index (χ1v) is 6.36. The van der Waals surface area contributed by atoms with E-state index in [1.54, 1.807) is 0 Å². The Kier molecular flexibility index (Phi) is 3.61. The molecular weight excluding hydrogens is 301 g/mol. The number of piperidine rings is 1. The number of hydrogen-bond acceptors (Lipinski definition) is 1. The van der Waals surface area contributed by atoms with Gasteiger partial charge in [-0.2, -0.15) is 0 Å². The smallest absolute Gasteiger partial charge is 0.223 e. The fourth-order valence-corrected chi connectivity index (χ4v) is 2.29. The van der Waals surface area contributed by atoms with Crippen LogP contribution in [0.3, 0.4) is 0 Å². The molecule has 1 N–H and O–H groups in total. The first kappa shape index (κ1) is 10.9. The second-order valence-electron chi connectivity index (χ2n) is 3.96. The Morgan fingerprint density at radius 1 is 1.33 bits per heavy atom. The molecule has 1 heterocycles. The molecule has 1 aliphatic rings. The molecule has 1 aromatic carbocycles. The van der Waals surface area contributed by atoms with Crippen molar-refractivity contribution in [3.05, 3.63) is 33.4 Å². The molecule has 1 fully saturated rings. The van der Waals surface area contributed by atoms with E-state index in [1.807, 2.05) is 0 Å². The van der Waals surface area contributed by atoms with Gasteiger partial charge in [0.2, 0.25) is 5.91 Å². The Morgan fingerprint density at radius 3 is 2.73 bits per heavy atom. The molecule has 1 unspecified atom stereocenters. The van der Waals surface area contributed by atoms with E-state index in [9.17, 15) is 4.79 Å². The number of rotatable bonds is 2. The van der Waals surface area contributed by atoms with Crippen LogP contribution in [0.4, 0.5) is 0 Å². The molecule has 15 heavy (non-hydrogen) atoms. The van der Waals surface area contributed by atoms with E-state index in [1.165, 1.54) is 9.13 Å². The highest BCUT2D eigenvalue weighted by molar-refractivity contribution is 14.1. The van der Waals surface area contributed by atoms with Crippen molar-refractivity contribution in [1.29, 1.82) is 0 Å². The van der Waals surface area contributed by atoms with Gasteiger partial charge in [-0.1, -0.05) is 12.1 Å². The van der Waals surface area contributed by atoms with Crippen LogP contribution >= 0.6 is 22.6 Å². The van der Waals surface area contributed by atoms with Crippen molar-refractivity contribution in [3.63, 3.8) is 0 Å². The lowest BCUT2D eigenvalue weighted by molar-refractivity contribution is -0.126. The molecule has 1 aromatic rings. The number of benzene rings is 1. The van der Waals surface area contributed by atoms with E-state index in [4.69, 9.17) is 0 Å². The van der Waals surface area contributed by atoms with Crippen molar-refractivity contribution >= 4 is 28.5 Å². The quantitative estimate of drug-likeness (QED) is 0.834. The van der Waals surface area contributed by atoms with Crippen LogP contribution < -0.4 is 5.32 Å². The SMILES string of the molecule is O=C1NCCCC1Cc1ccc(I)cc1. The number of carbonyl (C=O) groups is 1. The minimum atomic E-state index is 0.179. The van der Waals surface area contributed by atoms with Crippen molar-refractivity contribution < 1.29 is 4.79 Å². The van der Waals surface area contributed by atoms with Gasteiger partial charge in [-0.25, -0.2) is 0 Å². The molecule has 80 valence electrons. The monoisotopic (exact) mass is 315 g/mol. The topological polar surface area (TPSA) is 29.1 Å². The predicted molar refractivity (Wildman–Crippen MR) is 68.6 cm³/mol. The third kappa shape index (κ3) is 2.93. The van der Waals surface area contributed by atoms with Gasteiger partial charge in [0.05, 0.1) is 0 Å². The first-order chi connectivity index (χ1) is 7.25. The summed E-state index contributed by atoms with van der Waals surface area (Å²) >= 11 is 2.29. The third-order valence-electron chi connectivity index (χ3n) is 2.79. The zero-order valence-electron chi connectivity index (χ0n) is 8.50. The highest BCUT2D eigenvalue weighted by atomic mass is 127. The molecule has 0 spiro atoms. The van der Waals surface area contributed by atoms with Crippen LogP contribution in [0.5, 0.6) is 0 Å². The molecule has 1 amide bonds. The molecule has 0 aromatic heterocycles. The van der Waals surface area contributed by atoms with Crippen LogP contribution in [-0.2, 0) is 11.2 Å². The largest absolute Gasteiger partial charge is 0.356 e. The van der Waals surface area contributed by atoms with Crippen LogP contribution in [-0.4, -0.2) is 12.5 Å². The van der Waals surface area contributed by atoms with E-state index in [0.29, 0.717) is 0 Å². The minimum absolute atomic E-state index is 0.179. The Morgan fingerprint density at radius 2 is 2.07 bits per heavy atom. The van der Waals surface area contributed by atoms with Crippen molar-refractivity contribution in [3.8, 4) is 0 Å². The molecule has 1 aliphatic heterocycles. The summed E-state index contributed by atoms with van der Waals surface area (Å²) in [7, 11) is 0. The van der Waals surface area contributed by atoms with Crippen molar-refractivity contribution in [2.24, 2.45) is 5.92 Å². The van der Waals surface area contributed by atoms with Crippen molar-refractivity contribution in [1.82, 2.24) is 5.32 Å². The number of amides is 1. The molecule has 2 rings (SSSR count). The second kappa shape index (κ2) is 4.96. The molecule has 1 saturated heterocycles. The van der Waals surface area contributed by atoms with E-state index in [-0.39, 0.29) is 11.8 Å². The zero-order chi connectivity index (χ0) is 10.7.